The van der Waals surface area contributed by atoms with E-state index in [0.29, 0.717) is 16.6 Å². The normalized spacial score (nSPS) is 13.4. The van der Waals surface area contributed by atoms with Crippen molar-refractivity contribution in [2.75, 3.05) is 13.1 Å². The molecule has 0 saturated heterocycles. The van der Waals surface area contributed by atoms with Gasteiger partial charge in [0.2, 0.25) is 10.0 Å². The number of rotatable bonds is 6. The van der Waals surface area contributed by atoms with Crippen LogP contribution in [0, 0.1) is 13.8 Å². The highest BCUT2D eigenvalue weighted by Gasteiger charge is 2.27. The van der Waals surface area contributed by atoms with Gasteiger partial charge in [-0.25, -0.2) is 13.4 Å². The van der Waals surface area contributed by atoms with Gasteiger partial charge < -0.3 is 5.11 Å². The van der Waals surface area contributed by atoms with Crippen LogP contribution in [0.5, 0.6) is 0 Å². The molecule has 0 radical (unpaired) electrons. The van der Waals surface area contributed by atoms with E-state index in [2.05, 4.69) is 10.1 Å². The van der Waals surface area contributed by atoms with E-state index < -0.39 is 16.1 Å². The number of sulfonamides is 1. The van der Waals surface area contributed by atoms with Crippen LogP contribution in [0.2, 0.25) is 0 Å². The smallest absolute Gasteiger partial charge is 0.244 e. The van der Waals surface area contributed by atoms with Gasteiger partial charge in [-0.2, -0.15) is 9.40 Å². The number of hydrogen-bond donors (Lipinski definition) is 1. The quantitative estimate of drug-likeness (QED) is 0.700. The molecule has 0 saturated carbocycles. The maximum atomic E-state index is 13.1. The fourth-order valence-corrected chi connectivity index (χ4v) is 4.49. The second kappa shape index (κ2) is 7.38. The van der Waals surface area contributed by atoms with Crippen molar-refractivity contribution in [3.8, 4) is 0 Å². The van der Waals surface area contributed by atoms with E-state index in [4.69, 9.17) is 0 Å². The summed E-state index contributed by atoms with van der Waals surface area (Å²) in [5.74, 6) is 0. The van der Waals surface area contributed by atoms with Crippen LogP contribution < -0.4 is 0 Å². The van der Waals surface area contributed by atoms with Gasteiger partial charge >= 0.3 is 0 Å². The summed E-state index contributed by atoms with van der Waals surface area (Å²) < 4.78 is 29.1. The van der Waals surface area contributed by atoms with Gasteiger partial charge in [-0.15, -0.1) is 0 Å². The van der Waals surface area contributed by atoms with Crippen LogP contribution in [-0.2, 0) is 17.1 Å². The monoisotopic (exact) mass is 388 g/mol. The van der Waals surface area contributed by atoms with Crippen molar-refractivity contribution in [1.82, 2.24) is 19.1 Å². The van der Waals surface area contributed by atoms with E-state index >= 15 is 0 Å². The van der Waals surface area contributed by atoms with E-state index in [1.807, 2.05) is 38.1 Å². The fourth-order valence-electron chi connectivity index (χ4n) is 3.06. The highest BCUT2D eigenvalue weighted by molar-refractivity contribution is 7.89. The molecule has 7 nitrogen and oxygen atoms in total. The van der Waals surface area contributed by atoms with E-state index in [0.717, 1.165) is 11.3 Å². The molecule has 0 bridgehead atoms. The highest BCUT2D eigenvalue weighted by Crippen LogP contribution is 2.24. The second-order valence-corrected chi connectivity index (χ2v) is 8.57. The second-order valence-electron chi connectivity index (χ2n) is 6.63. The molecule has 27 heavy (non-hydrogen) atoms. The van der Waals surface area contributed by atoms with Crippen molar-refractivity contribution in [2.45, 2.75) is 31.8 Å². The summed E-state index contributed by atoms with van der Waals surface area (Å²) in [6, 6.07) is 9.01. The van der Waals surface area contributed by atoms with Gasteiger partial charge in [0.05, 0.1) is 11.8 Å². The third kappa shape index (κ3) is 3.73. The summed E-state index contributed by atoms with van der Waals surface area (Å²) in [6.07, 6.45) is 0.442. The number of aromatic nitrogens is 3. The Bertz CT molecular complexity index is 1060. The fraction of sp³-hybridized carbons (Fsp3) is 0.368. The Morgan fingerprint density at radius 1 is 1.22 bits per heavy atom. The van der Waals surface area contributed by atoms with Crippen LogP contribution in [0.1, 0.15) is 29.8 Å². The van der Waals surface area contributed by atoms with E-state index in [1.165, 1.54) is 10.5 Å². The van der Waals surface area contributed by atoms with Crippen LogP contribution in [0.15, 0.2) is 41.4 Å². The molecule has 0 unspecified atom stereocenters. The van der Waals surface area contributed by atoms with Crippen molar-refractivity contribution in [3.63, 3.8) is 0 Å². The van der Waals surface area contributed by atoms with E-state index in [1.54, 1.807) is 24.7 Å². The molecule has 0 aliphatic rings. The third-order valence-corrected chi connectivity index (χ3v) is 6.57. The first-order valence-corrected chi connectivity index (χ1v) is 10.2. The number of fused-ring (bicyclic) bond motifs is 1. The molecule has 1 aromatic carbocycles. The van der Waals surface area contributed by atoms with Crippen LogP contribution >= 0.6 is 0 Å². The predicted octanol–water partition coefficient (Wildman–Crippen LogP) is 2.33. The number of nitrogens with zero attached hydrogens (tertiary/aromatic N) is 4. The zero-order valence-corrected chi connectivity index (χ0v) is 16.7. The number of aliphatic hydroxyl groups excluding tert-OH is 1. The number of aliphatic hydroxyl groups is 1. The van der Waals surface area contributed by atoms with E-state index in [-0.39, 0.29) is 18.0 Å². The molecule has 1 N–H and O–H groups in total. The largest absolute Gasteiger partial charge is 0.387 e. The molecular formula is C19H24N4O3S. The number of aryl methyl sites for hydroxylation is 3. The minimum Gasteiger partial charge on any atom is -0.387 e. The number of benzene rings is 1. The summed E-state index contributed by atoms with van der Waals surface area (Å²) >= 11 is 0. The minimum absolute atomic E-state index is 0.0219. The summed E-state index contributed by atoms with van der Waals surface area (Å²) in [4.78, 5) is 4.36. The molecule has 0 spiro atoms. The van der Waals surface area contributed by atoms with E-state index in [9.17, 15) is 13.5 Å². The van der Waals surface area contributed by atoms with Crippen LogP contribution in [0.3, 0.4) is 0 Å². The predicted molar refractivity (Wildman–Crippen MR) is 104 cm³/mol. The van der Waals surface area contributed by atoms with Crippen LogP contribution in [-0.4, -0.2) is 45.7 Å². The Kier molecular flexibility index (Phi) is 5.32. The minimum atomic E-state index is -3.79. The Hall–Kier alpha value is -2.29. The number of likely N-dealkylation sites (N-methyl/N-ethyl adjacent to an activating group) is 1. The molecule has 2 heterocycles. The summed E-state index contributed by atoms with van der Waals surface area (Å²) in [6.45, 7) is 5.75. The number of hydrogen-bond acceptors (Lipinski definition) is 5. The molecule has 3 aromatic rings. The standard InChI is InChI=1S/C19H24N4O3S/c1-5-23(12-18(24)15-8-6-13(2)7-9-15)27(25,26)16-10-17-14(3)21-22(4)19(17)20-11-16/h6-11,18,24H,5,12H2,1-4H3/t18-/m0/s1. The lowest BCUT2D eigenvalue weighted by Gasteiger charge is -2.23. The van der Waals surface area contributed by atoms with Gasteiger partial charge in [0.25, 0.3) is 0 Å². The van der Waals surface area contributed by atoms with Gasteiger partial charge in [0, 0.05) is 31.7 Å². The lowest BCUT2D eigenvalue weighted by molar-refractivity contribution is 0.149. The lowest BCUT2D eigenvalue weighted by Crippen LogP contribution is -2.34. The Labute approximate surface area is 159 Å². The zero-order valence-electron chi connectivity index (χ0n) is 15.9. The van der Waals surface area contributed by atoms with Gasteiger partial charge in [-0.05, 0) is 25.5 Å². The van der Waals surface area contributed by atoms with Gasteiger partial charge in [-0.1, -0.05) is 36.8 Å². The van der Waals surface area contributed by atoms with Crippen molar-refractivity contribution in [2.24, 2.45) is 7.05 Å². The first kappa shape index (κ1) is 19.5. The van der Waals surface area contributed by atoms with Crippen molar-refractivity contribution in [3.05, 3.63) is 53.3 Å². The third-order valence-electron chi connectivity index (χ3n) is 4.67. The molecule has 2 aromatic heterocycles. The summed E-state index contributed by atoms with van der Waals surface area (Å²) in [7, 11) is -2.02. The Morgan fingerprint density at radius 3 is 2.52 bits per heavy atom. The average molecular weight is 388 g/mol. The van der Waals surface area contributed by atoms with Gasteiger partial charge in [-0.3, -0.25) is 4.68 Å². The summed E-state index contributed by atoms with van der Waals surface area (Å²) in [5.41, 5.74) is 3.12. The molecule has 0 aliphatic heterocycles. The first-order valence-electron chi connectivity index (χ1n) is 8.78. The maximum Gasteiger partial charge on any atom is 0.244 e. The highest BCUT2D eigenvalue weighted by atomic mass is 32.2. The molecule has 144 valence electrons. The average Bonchev–Trinajstić information content (AvgIpc) is 2.93. The SMILES string of the molecule is CCN(C[C@H](O)c1ccc(C)cc1)S(=O)(=O)c1cnc2c(c1)c(C)nn2C. The molecule has 0 aliphatic carbocycles. The zero-order chi connectivity index (χ0) is 19.8. The molecule has 1 atom stereocenters. The van der Waals surface area contributed by atoms with Gasteiger partial charge in [0.1, 0.15) is 4.90 Å². The Morgan fingerprint density at radius 2 is 1.89 bits per heavy atom. The number of pyridine rings is 1. The summed E-state index contributed by atoms with van der Waals surface area (Å²) in [5, 5.41) is 15.5. The molecule has 0 amide bonds. The Balaban J connectivity index is 1.91. The van der Waals surface area contributed by atoms with Gasteiger partial charge in [0.15, 0.2) is 5.65 Å². The first-order chi connectivity index (χ1) is 12.7. The molecule has 0 fully saturated rings. The van der Waals surface area contributed by atoms with Crippen LogP contribution in [0.4, 0.5) is 0 Å². The topological polar surface area (TPSA) is 88.3 Å². The lowest BCUT2D eigenvalue weighted by atomic mass is 10.1. The molecular weight excluding hydrogens is 364 g/mol. The van der Waals surface area contributed by atoms with Crippen LogP contribution in [0.25, 0.3) is 11.0 Å². The van der Waals surface area contributed by atoms with Crippen molar-refractivity contribution >= 4 is 21.1 Å². The van der Waals surface area contributed by atoms with Crippen molar-refractivity contribution < 1.29 is 13.5 Å². The maximum absolute atomic E-state index is 13.1. The molecule has 8 heteroatoms. The van der Waals surface area contributed by atoms with Crippen molar-refractivity contribution in [1.29, 1.82) is 0 Å². The molecule has 3 rings (SSSR count).